The van der Waals surface area contributed by atoms with Crippen molar-refractivity contribution in [1.29, 1.82) is 5.26 Å². The van der Waals surface area contributed by atoms with E-state index in [-0.39, 0.29) is 0 Å². The second kappa shape index (κ2) is 12.9. The second-order valence-corrected chi connectivity index (χ2v) is 17.2. The Kier molecular flexibility index (Phi) is 7.22. The van der Waals surface area contributed by atoms with Crippen molar-refractivity contribution in [3.8, 4) is 45.3 Å². The first-order chi connectivity index (χ1) is 30.2. The van der Waals surface area contributed by atoms with Crippen molar-refractivity contribution in [2.45, 2.75) is 15.2 Å². The van der Waals surface area contributed by atoms with Crippen molar-refractivity contribution in [3.05, 3.63) is 228 Å². The average Bonchev–Trinajstić information content (AvgIpc) is 3.82. The fourth-order valence-corrected chi connectivity index (χ4v) is 11.7. The number of nitrogens with zero attached hydrogens (tertiary/aromatic N) is 3. The van der Waals surface area contributed by atoms with Crippen LogP contribution in [0, 0.1) is 11.3 Å². The summed E-state index contributed by atoms with van der Waals surface area (Å²) in [6, 6.07) is 74.9. The molecule has 2 aromatic heterocycles. The summed E-state index contributed by atoms with van der Waals surface area (Å²) in [5.74, 6) is 0. The normalized spacial score (nSPS) is 13.3. The van der Waals surface area contributed by atoms with E-state index in [0.717, 1.165) is 66.2 Å². The van der Waals surface area contributed by atoms with Crippen LogP contribution >= 0.6 is 11.8 Å². The molecule has 0 radical (unpaired) electrons. The monoisotopic (exact) mass is 791 g/mol. The first kappa shape index (κ1) is 34.2. The van der Waals surface area contributed by atoms with Gasteiger partial charge in [-0.25, -0.2) is 4.98 Å². The number of aromatic nitrogens is 2. The molecular weight excluding hydrogens is 759 g/mol. The van der Waals surface area contributed by atoms with Gasteiger partial charge in [-0.05, 0) is 105 Å². The van der Waals surface area contributed by atoms with Crippen LogP contribution in [0.5, 0.6) is 0 Å². The Balaban J connectivity index is 1.07. The summed E-state index contributed by atoms with van der Waals surface area (Å²) in [7, 11) is 0. The van der Waals surface area contributed by atoms with Gasteiger partial charge in [0.15, 0.2) is 0 Å². The zero-order valence-electron chi connectivity index (χ0n) is 32.8. The van der Waals surface area contributed by atoms with Crippen LogP contribution < -0.4 is 0 Å². The molecule has 0 amide bonds. The number of hydrogen-bond acceptors (Lipinski definition) is 3. The second-order valence-electron chi connectivity index (χ2n) is 16.1. The predicted octanol–water partition coefficient (Wildman–Crippen LogP) is 14.5. The molecule has 0 saturated heterocycles. The van der Waals surface area contributed by atoms with Gasteiger partial charge in [-0.3, -0.25) is 0 Å². The number of pyridine rings is 1. The number of fused-ring (bicyclic) bond motifs is 16. The first-order valence-corrected chi connectivity index (χ1v) is 21.5. The summed E-state index contributed by atoms with van der Waals surface area (Å²) in [5.41, 5.74) is 16.7. The molecule has 282 valence electrons. The molecule has 0 saturated carbocycles. The van der Waals surface area contributed by atoms with Gasteiger partial charge in [0.05, 0.1) is 39.3 Å². The van der Waals surface area contributed by atoms with Gasteiger partial charge in [-0.1, -0.05) is 151 Å². The molecule has 4 heteroatoms. The van der Waals surface area contributed by atoms with Gasteiger partial charge in [-0.15, -0.1) is 0 Å². The maximum atomic E-state index is 9.68. The van der Waals surface area contributed by atoms with E-state index in [4.69, 9.17) is 4.98 Å². The van der Waals surface area contributed by atoms with E-state index in [2.05, 4.69) is 199 Å². The maximum Gasteiger partial charge on any atom is 0.0991 e. The highest BCUT2D eigenvalue weighted by atomic mass is 32.2. The van der Waals surface area contributed by atoms with Gasteiger partial charge in [0.2, 0.25) is 0 Å². The number of hydrogen-bond donors (Lipinski definition) is 0. The standard InChI is InChI=1S/C57H33N3S/c58-34-35-22-31-51-43(32-35)40-14-5-9-19-50(40)60(51)39-26-23-36(24-27-39)38-25-30-49-44(33-38)54-42(56(59-49)37-12-2-1-3-13-37)28-29-48-55(54)41-15-4-6-16-45(41)57(48)46-17-7-10-20-52(46)61-53-21-11-8-18-47(53)57/h1-33H. The molecule has 61 heavy (non-hydrogen) atoms. The summed E-state index contributed by atoms with van der Waals surface area (Å²) >= 11 is 1.88. The Labute approximate surface area is 356 Å². The van der Waals surface area contributed by atoms with Crippen molar-refractivity contribution in [2.24, 2.45) is 0 Å². The molecule has 0 bridgehead atoms. The molecule has 0 atom stereocenters. The third-order valence-corrected chi connectivity index (χ3v) is 14.2. The van der Waals surface area contributed by atoms with Crippen LogP contribution in [0.4, 0.5) is 0 Å². The molecule has 3 nitrogen and oxygen atoms in total. The molecule has 13 rings (SSSR count). The molecule has 11 aromatic rings. The minimum absolute atomic E-state index is 0.475. The SMILES string of the molecule is N#Cc1ccc2c(c1)c1ccccc1n2-c1ccc(-c2ccc3nc(-c4ccccc4)c4ccc5c(c4c3c2)-c2ccccc2C52c3ccccc3Sc3ccccc32)cc1. The van der Waals surface area contributed by atoms with E-state index in [1.165, 1.54) is 48.6 Å². The smallest absolute Gasteiger partial charge is 0.0991 e. The zero-order valence-corrected chi connectivity index (χ0v) is 33.6. The average molecular weight is 792 g/mol. The van der Waals surface area contributed by atoms with E-state index < -0.39 is 5.41 Å². The van der Waals surface area contributed by atoms with Crippen LogP contribution in [0.25, 0.3) is 82.7 Å². The lowest BCUT2D eigenvalue weighted by atomic mass is 9.67. The lowest BCUT2D eigenvalue weighted by Gasteiger charge is -2.39. The minimum atomic E-state index is -0.475. The quantitative estimate of drug-likeness (QED) is 0.167. The lowest BCUT2D eigenvalue weighted by molar-refractivity contribution is 0.723. The molecule has 0 unspecified atom stereocenters. The predicted molar refractivity (Wildman–Crippen MR) is 251 cm³/mol. The number of rotatable bonds is 3. The highest BCUT2D eigenvalue weighted by Crippen LogP contribution is 2.63. The summed E-state index contributed by atoms with van der Waals surface area (Å²) in [6.07, 6.45) is 0. The van der Waals surface area contributed by atoms with Crippen LogP contribution in [-0.4, -0.2) is 9.55 Å². The number of para-hydroxylation sites is 1. The summed E-state index contributed by atoms with van der Waals surface area (Å²) in [6.45, 7) is 0. The molecule has 9 aromatic carbocycles. The highest BCUT2D eigenvalue weighted by molar-refractivity contribution is 7.99. The maximum absolute atomic E-state index is 9.68. The molecule has 2 aliphatic rings. The largest absolute Gasteiger partial charge is 0.309 e. The van der Waals surface area contributed by atoms with Crippen molar-refractivity contribution in [1.82, 2.24) is 9.55 Å². The molecular formula is C57H33N3S. The van der Waals surface area contributed by atoms with E-state index in [9.17, 15) is 5.26 Å². The summed E-state index contributed by atoms with van der Waals surface area (Å²) < 4.78 is 2.30. The molecule has 3 heterocycles. The Morgan fingerprint density at radius 2 is 1.15 bits per heavy atom. The van der Waals surface area contributed by atoms with E-state index in [1.54, 1.807) is 0 Å². The molecule has 1 aliphatic heterocycles. The minimum Gasteiger partial charge on any atom is -0.309 e. The molecule has 1 spiro atoms. The van der Waals surface area contributed by atoms with Gasteiger partial charge in [-0.2, -0.15) is 5.26 Å². The van der Waals surface area contributed by atoms with Crippen molar-refractivity contribution < 1.29 is 0 Å². The topological polar surface area (TPSA) is 41.6 Å². The Bertz CT molecular complexity index is 3640. The molecule has 1 aliphatic carbocycles. The number of benzene rings is 9. The Morgan fingerprint density at radius 3 is 1.93 bits per heavy atom. The van der Waals surface area contributed by atoms with E-state index in [0.29, 0.717) is 5.56 Å². The third-order valence-electron chi connectivity index (χ3n) is 13.1. The van der Waals surface area contributed by atoms with Gasteiger partial charge in [0.1, 0.15) is 0 Å². The lowest BCUT2D eigenvalue weighted by Crippen LogP contribution is -2.31. The van der Waals surface area contributed by atoms with Crippen LogP contribution in [0.1, 0.15) is 27.8 Å². The fourth-order valence-electron chi connectivity index (χ4n) is 10.6. The summed E-state index contributed by atoms with van der Waals surface area (Å²) in [5, 5.41) is 15.4. The fraction of sp³-hybridized carbons (Fsp3) is 0.0175. The van der Waals surface area contributed by atoms with Crippen LogP contribution in [0.3, 0.4) is 0 Å². The van der Waals surface area contributed by atoms with E-state index >= 15 is 0 Å². The Hall–Kier alpha value is -7.71. The first-order valence-electron chi connectivity index (χ1n) is 20.7. The molecule has 0 fully saturated rings. The highest BCUT2D eigenvalue weighted by Gasteiger charge is 2.50. The van der Waals surface area contributed by atoms with Gasteiger partial charge in [0.25, 0.3) is 0 Å². The van der Waals surface area contributed by atoms with Crippen LogP contribution in [0.2, 0.25) is 0 Å². The van der Waals surface area contributed by atoms with Crippen LogP contribution in [0.15, 0.2) is 210 Å². The van der Waals surface area contributed by atoms with Crippen LogP contribution in [-0.2, 0) is 5.41 Å². The summed E-state index contributed by atoms with van der Waals surface area (Å²) in [4.78, 5) is 8.05. The van der Waals surface area contributed by atoms with Crippen molar-refractivity contribution in [3.63, 3.8) is 0 Å². The van der Waals surface area contributed by atoms with Gasteiger partial charge >= 0.3 is 0 Å². The van der Waals surface area contributed by atoms with Crippen molar-refractivity contribution in [2.75, 3.05) is 0 Å². The number of nitriles is 1. The van der Waals surface area contributed by atoms with Crippen molar-refractivity contribution >= 4 is 55.2 Å². The zero-order chi connectivity index (χ0) is 40.2. The van der Waals surface area contributed by atoms with Gasteiger partial charge in [0, 0.05) is 48.0 Å². The third kappa shape index (κ3) is 4.73. The van der Waals surface area contributed by atoms with E-state index in [1.807, 2.05) is 23.9 Å². The Morgan fingerprint density at radius 1 is 0.475 bits per heavy atom. The van der Waals surface area contributed by atoms with Gasteiger partial charge < -0.3 is 4.57 Å². The molecule has 0 N–H and O–H groups in total.